The highest BCUT2D eigenvalue weighted by molar-refractivity contribution is 6.07. The number of carbonyl (C=O) groups excluding carboxylic acids is 3. The zero-order valence-corrected chi connectivity index (χ0v) is 17.6. The largest absolute Gasteiger partial charge is 0.497 e. The van der Waals surface area contributed by atoms with Crippen molar-refractivity contribution in [3.63, 3.8) is 0 Å². The van der Waals surface area contributed by atoms with E-state index in [9.17, 15) is 14.4 Å². The third kappa shape index (κ3) is 3.48. The molecule has 1 aliphatic carbocycles. The number of rotatable bonds is 6. The van der Waals surface area contributed by atoms with Gasteiger partial charge in [0.1, 0.15) is 17.0 Å². The number of urea groups is 1. The maximum Gasteiger partial charge on any atom is 0.325 e. The van der Waals surface area contributed by atoms with Crippen molar-refractivity contribution in [2.45, 2.75) is 56.5 Å². The Morgan fingerprint density at radius 2 is 1.93 bits per heavy atom. The van der Waals surface area contributed by atoms with E-state index in [4.69, 9.17) is 9.47 Å². The number of likely N-dealkylation sites (tertiary alicyclic amines) is 1. The first-order valence-corrected chi connectivity index (χ1v) is 10.6. The zero-order valence-electron chi connectivity index (χ0n) is 17.6. The van der Waals surface area contributed by atoms with Crippen molar-refractivity contribution < 1.29 is 23.9 Å². The van der Waals surface area contributed by atoms with E-state index in [1.54, 1.807) is 14.2 Å². The summed E-state index contributed by atoms with van der Waals surface area (Å²) >= 11 is 0. The Balaban J connectivity index is 1.45. The monoisotopic (exact) mass is 415 g/mol. The lowest BCUT2D eigenvalue weighted by Crippen LogP contribution is -2.44. The van der Waals surface area contributed by atoms with Crippen LogP contribution in [0.3, 0.4) is 0 Å². The number of carbonyl (C=O) groups is 3. The quantitative estimate of drug-likeness (QED) is 0.722. The second-order valence-electron chi connectivity index (χ2n) is 8.28. The lowest BCUT2D eigenvalue weighted by atomic mass is 9.98. The maximum atomic E-state index is 13.1. The van der Waals surface area contributed by atoms with Gasteiger partial charge in [-0.3, -0.25) is 14.5 Å². The first kappa shape index (κ1) is 20.5. The minimum Gasteiger partial charge on any atom is -0.497 e. The van der Waals surface area contributed by atoms with Gasteiger partial charge in [0.2, 0.25) is 5.91 Å². The van der Waals surface area contributed by atoms with Crippen LogP contribution >= 0.6 is 0 Å². The molecule has 30 heavy (non-hydrogen) atoms. The Bertz CT molecular complexity index is 849. The van der Waals surface area contributed by atoms with E-state index >= 15 is 0 Å². The predicted molar refractivity (Wildman–Crippen MR) is 109 cm³/mol. The van der Waals surface area contributed by atoms with Crippen molar-refractivity contribution in [2.75, 3.05) is 27.3 Å². The molecule has 2 aliphatic heterocycles. The number of benzene rings is 1. The number of imide groups is 1. The molecule has 8 heteroatoms. The van der Waals surface area contributed by atoms with Crippen LogP contribution in [0.4, 0.5) is 4.79 Å². The minimum atomic E-state index is -0.732. The molecule has 0 bridgehead atoms. The van der Waals surface area contributed by atoms with Crippen LogP contribution in [0, 0.1) is 0 Å². The van der Waals surface area contributed by atoms with Crippen LogP contribution in [0.15, 0.2) is 18.2 Å². The Morgan fingerprint density at radius 1 is 1.17 bits per heavy atom. The lowest BCUT2D eigenvalue weighted by Gasteiger charge is -2.27. The van der Waals surface area contributed by atoms with Gasteiger partial charge in [-0.05, 0) is 43.9 Å². The Labute approximate surface area is 176 Å². The fourth-order valence-corrected chi connectivity index (χ4v) is 5.04. The smallest absolute Gasteiger partial charge is 0.325 e. The molecule has 4 rings (SSSR count). The Hall–Kier alpha value is -2.77. The molecule has 1 atom stereocenters. The third-order valence-corrected chi connectivity index (χ3v) is 6.62. The molecular weight excluding hydrogens is 386 g/mol. The average Bonchev–Trinajstić information content (AvgIpc) is 3.47. The molecular formula is C22H29N3O5. The zero-order chi connectivity index (χ0) is 21.3. The van der Waals surface area contributed by atoms with Crippen molar-refractivity contribution in [3.8, 4) is 11.5 Å². The van der Waals surface area contributed by atoms with Crippen LogP contribution in [0.25, 0.3) is 0 Å². The normalized spacial score (nSPS) is 22.7. The van der Waals surface area contributed by atoms with Gasteiger partial charge in [0.25, 0.3) is 5.91 Å². The van der Waals surface area contributed by atoms with Crippen molar-refractivity contribution in [1.29, 1.82) is 0 Å². The third-order valence-electron chi connectivity index (χ3n) is 6.62. The van der Waals surface area contributed by atoms with Crippen LogP contribution in [0.5, 0.6) is 11.5 Å². The average molecular weight is 415 g/mol. The second kappa shape index (κ2) is 8.16. The van der Waals surface area contributed by atoms with E-state index < -0.39 is 5.54 Å². The molecule has 2 heterocycles. The summed E-state index contributed by atoms with van der Waals surface area (Å²) in [6.45, 7) is 0.762. The number of hydrogen-bond donors (Lipinski definition) is 1. The van der Waals surface area contributed by atoms with E-state index in [-0.39, 0.29) is 36.9 Å². The lowest BCUT2D eigenvalue weighted by molar-refractivity contribution is -0.134. The van der Waals surface area contributed by atoms with Crippen LogP contribution in [-0.2, 0) is 9.59 Å². The summed E-state index contributed by atoms with van der Waals surface area (Å²) in [5.74, 6) is 1.20. The highest BCUT2D eigenvalue weighted by Crippen LogP contribution is 2.39. The SMILES string of the molecule is COc1ccc(OC)c(C2CCCN2C(=O)CCN2C(=O)NC3(CCCC3)C2=O)c1. The standard InChI is InChI=1S/C22H29N3O5/c1-29-15-7-8-18(30-2)16(14-15)17-6-5-12-24(17)19(26)9-13-25-20(27)22(23-21(25)28)10-3-4-11-22/h7-8,14,17H,3-6,9-13H2,1-2H3,(H,23,28). The van der Waals surface area contributed by atoms with Crippen LogP contribution in [0.1, 0.15) is 56.6 Å². The van der Waals surface area contributed by atoms with Gasteiger partial charge in [-0.2, -0.15) is 0 Å². The highest BCUT2D eigenvalue weighted by Gasteiger charge is 2.52. The van der Waals surface area contributed by atoms with Crippen molar-refractivity contribution in [1.82, 2.24) is 15.1 Å². The maximum absolute atomic E-state index is 13.1. The van der Waals surface area contributed by atoms with E-state index in [1.165, 1.54) is 4.90 Å². The second-order valence-corrected chi connectivity index (χ2v) is 8.28. The number of ether oxygens (including phenoxy) is 2. The van der Waals surface area contributed by atoms with Crippen LogP contribution in [0.2, 0.25) is 0 Å². The van der Waals surface area contributed by atoms with Gasteiger partial charge in [-0.25, -0.2) is 4.79 Å². The molecule has 1 unspecified atom stereocenters. The number of hydrogen-bond acceptors (Lipinski definition) is 5. The Morgan fingerprint density at radius 3 is 2.63 bits per heavy atom. The summed E-state index contributed by atoms with van der Waals surface area (Å²) in [6.07, 6.45) is 5.10. The molecule has 3 fully saturated rings. The van der Waals surface area contributed by atoms with Gasteiger partial charge in [0, 0.05) is 25.1 Å². The summed E-state index contributed by atoms with van der Waals surface area (Å²) in [6, 6.07) is 5.12. The minimum absolute atomic E-state index is 0.0599. The molecule has 1 saturated carbocycles. The molecule has 4 amide bonds. The number of amides is 4. The summed E-state index contributed by atoms with van der Waals surface area (Å²) in [5, 5.41) is 2.87. The molecule has 3 aliphatic rings. The molecule has 2 saturated heterocycles. The molecule has 1 aromatic carbocycles. The van der Waals surface area contributed by atoms with E-state index in [0.29, 0.717) is 25.1 Å². The summed E-state index contributed by atoms with van der Waals surface area (Å²) in [4.78, 5) is 41.3. The predicted octanol–water partition coefficient (Wildman–Crippen LogP) is 2.62. The van der Waals surface area contributed by atoms with Crippen LogP contribution < -0.4 is 14.8 Å². The van der Waals surface area contributed by atoms with Crippen molar-refractivity contribution >= 4 is 17.8 Å². The first-order chi connectivity index (χ1) is 14.5. The summed E-state index contributed by atoms with van der Waals surface area (Å²) in [7, 11) is 3.22. The van der Waals surface area contributed by atoms with Gasteiger partial charge in [0.15, 0.2) is 0 Å². The molecule has 162 valence electrons. The van der Waals surface area contributed by atoms with Gasteiger partial charge in [-0.15, -0.1) is 0 Å². The van der Waals surface area contributed by atoms with Crippen molar-refractivity contribution in [3.05, 3.63) is 23.8 Å². The van der Waals surface area contributed by atoms with Crippen molar-refractivity contribution in [2.24, 2.45) is 0 Å². The molecule has 1 spiro atoms. The number of nitrogens with zero attached hydrogens (tertiary/aromatic N) is 2. The highest BCUT2D eigenvalue weighted by atomic mass is 16.5. The molecule has 1 N–H and O–H groups in total. The number of methoxy groups -OCH3 is 2. The van der Waals surface area contributed by atoms with E-state index in [2.05, 4.69) is 5.32 Å². The van der Waals surface area contributed by atoms with Gasteiger partial charge in [0.05, 0.1) is 20.3 Å². The Kier molecular flexibility index (Phi) is 5.58. The first-order valence-electron chi connectivity index (χ1n) is 10.6. The van der Waals surface area contributed by atoms with Gasteiger partial charge in [-0.1, -0.05) is 12.8 Å². The summed E-state index contributed by atoms with van der Waals surface area (Å²) in [5.41, 5.74) is 0.187. The topological polar surface area (TPSA) is 88.2 Å². The van der Waals surface area contributed by atoms with Gasteiger partial charge >= 0.3 is 6.03 Å². The summed E-state index contributed by atoms with van der Waals surface area (Å²) < 4.78 is 10.9. The fraction of sp³-hybridized carbons (Fsp3) is 0.591. The molecule has 0 aromatic heterocycles. The fourth-order valence-electron chi connectivity index (χ4n) is 5.04. The number of nitrogens with one attached hydrogen (secondary N) is 1. The van der Waals surface area contributed by atoms with E-state index in [0.717, 1.165) is 37.0 Å². The molecule has 0 radical (unpaired) electrons. The molecule has 1 aromatic rings. The van der Waals surface area contributed by atoms with E-state index in [1.807, 2.05) is 23.1 Å². The van der Waals surface area contributed by atoms with Crippen LogP contribution in [-0.4, -0.2) is 60.5 Å². The molecule has 8 nitrogen and oxygen atoms in total. The van der Waals surface area contributed by atoms with Gasteiger partial charge < -0.3 is 19.7 Å².